The molecule has 0 aromatic carbocycles. The van der Waals surface area contributed by atoms with Crippen molar-refractivity contribution < 1.29 is 14.3 Å². The molecule has 1 aliphatic heterocycles. The van der Waals surface area contributed by atoms with Crippen molar-refractivity contribution in [2.75, 3.05) is 26.2 Å². The quantitative estimate of drug-likeness (QED) is 0.570. The van der Waals surface area contributed by atoms with Gasteiger partial charge in [0, 0.05) is 24.7 Å². The maximum Gasteiger partial charge on any atom is 0.325 e. The van der Waals surface area contributed by atoms with Crippen molar-refractivity contribution in [2.45, 2.75) is 32.7 Å². The van der Waals surface area contributed by atoms with Crippen molar-refractivity contribution in [2.24, 2.45) is 0 Å². The first-order valence-corrected chi connectivity index (χ1v) is 6.49. The van der Waals surface area contributed by atoms with Crippen LogP contribution in [0, 0.1) is 0 Å². The number of rotatable bonds is 5. The van der Waals surface area contributed by atoms with Crippen molar-refractivity contribution in [3.8, 4) is 0 Å². The van der Waals surface area contributed by atoms with E-state index in [-0.39, 0.29) is 24.5 Å². The molecule has 0 aromatic heterocycles. The zero-order valence-electron chi connectivity index (χ0n) is 11.0. The van der Waals surface area contributed by atoms with Gasteiger partial charge in [0.05, 0.1) is 6.61 Å². The molecule has 2 fully saturated rings. The number of amides is 1. The SMILES string of the molecule is CCOC(=O)CN(C(=O)C(C)=C1CNC1)C1CC1. The van der Waals surface area contributed by atoms with Gasteiger partial charge in [0.2, 0.25) is 5.91 Å². The molecule has 1 aliphatic carbocycles. The van der Waals surface area contributed by atoms with Gasteiger partial charge in [0.1, 0.15) is 6.54 Å². The molecule has 2 aliphatic rings. The number of ether oxygens (including phenoxy) is 1. The molecule has 0 unspecified atom stereocenters. The average Bonchev–Trinajstić information content (AvgIpc) is 3.06. The molecule has 2 rings (SSSR count). The summed E-state index contributed by atoms with van der Waals surface area (Å²) in [6, 6.07) is 0.227. The Balaban J connectivity index is 2.01. The lowest BCUT2D eigenvalue weighted by Crippen LogP contribution is -2.42. The molecular formula is C13H20N2O3. The van der Waals surface area contributed by atoms with E-state index in [1.165, 1.54) is 0 Å². The summed E-state index contributed by atoms with van der Waals surface area (Å²) in [6.07, 6.45) is 1.98. The zero-order valence-corrected chi connectivity index (χ0v) is 11.0. The third-order valence-corrected chi connectivity index (χ3v) is 3.38. The second-order valence-electron chi connectivity index (χ2n) is 4.80. The number of nitrogens with one attached hydrogen (secondary N) is 1. The molecule has 5 heteroatoms. The highest BCUT2D eigenvalue weighted by molar-refractivity contribution is 5.96. The van der Waals surface area contributed by atoms with E-state index < -0.39 is 0 Å². The second-order valence-corrected chi connectivity index (χ2v) is 4.80. The van der Waals surface area contributed by atoms with Crippen molar-refractivity contribution in [3.05, 3.63) is 11.1 Å². The first kappa shape index (κ1) is 13.1. The van der Waals surface area contributed by atoms with Crippen molar-refractivity contribution in [3.63, 3.8) is 0 Å². The van der Waals surface area contributed by atoms with E-state index in [1.54, 1.807) is 11.8 Å². The summed E-state index contributed by atoms with van der Waals surface area (Å²) in [4.78, 5) is 25.5. The van der Waals surface area contributed by atoms with Gasteiger partial charge in [-0.3, -0.25) is 9.59 Å². The molecule has 0 atom stereocenters. The van der Waals surface area contributed by atoms with Crippen molar-refractivity contribution in [1.29, 1.82) is 0 Å². The Morgan fingerprint density at radius 3 is 2.50 bits per heavy atom. The molecule has 1 saturated carbocycles. The molecule has 0 radical (unpaired) electrons. The largest absolute Gasteiger partial charge is 0.465 e. The van der Waals surface area contributed by atoms with Crippen LogP contribution < -0.4 is 5.32 Å². The maximum atomic E-state index is 12.3. The van der Waals surface area contributed by atoms with E-state index in [4.69, 9.17) is 4.74 Å². The fourth-order valence-corrected chi connectivity index (χ4v) is 1.98. The van der Waals surface area contributed by atoms with E-state index in [2.05, 4.69) is 5.32 Å². The molecule has 0 spiro atoms. The van der Waals surface area contributed by atoms with Gasteiger partial charge in [-0.25, -0.2) is 0 Å². The molecule has 1 amide bonds. The Hall–Kier alpha value is -1.36. The second kappa shape index (κ2) is 5.52. The van der Waals surface area contributed by atoms with E-state index in [0.29, 0.717) is 6.61 Å². The summed E-state index contributed by atoms with van der Waals surface area (Å²) < 4.78 is 4.92. The lowest BCUT2D eigenvalue weighted by atomic mass is 10.0. The monoisotopic (exact) mass is 252 g/mol. The van der Waals surface area contributed by atoms with Crippen LogP contribution in [0.1, 0.15) is 26.7 Å². The molecule has 18 heavy (non-hydrogen) atoms. The fourth-order valence-electron chi connectivity index (χ4n) is 1.98. The van der Waals surface area contributed by atoms with Gasteiger partial charge in [-0.1, -0.05) is 0 Å². The summed E-state index contributed by atoms with van der Waals surface area (Å²) in [5.41, 5.74) is 1.93. The minimum absolute atomic E-state index is 0.0120. The number of carbonyl (C=O) groups is 2. The van der Waals surface area contributed by atoms with Crippen molar-refractivity contribution in [1.82, 2.24) is 10.2 Å². The topological polar surface area (TPSA) is 58.6 Å². The first-order valence-electron chi connectivity index (χ1n) is 6.49. The molecule has 5 nitrogen and oxygen atoms in total. The van der Waals surface area contributed by atoms with Crippen LogP contribution in [0.4, 0.5) is 0 Å². The predicted octanol–water partition coefficient (Wildman–Crippen LogP) is 0.460. The highest BCUT2D eigenvalue weighted by Crippen LogP contribution is 2.28. The molecular weight excluding hydrogens is 232 g/mol. The van der Waals surface area contributed by atoms with Crippen LogP contribution in [0.25, 0.3) is 0 Å². The molecule has 0 bridgehead atoms. The van der Waals surface area contributed by atoms with E-state index in [9.17, 15) is 9.59 Å². The van der Waals surface area contributed by atoms with Crippen LogP contribution in [0.2, 0.25) is 0 Å². The highest BCUT2D eigenvalue weighted by atomic mass is 16.5. The van der Waals surface area contributed by atoms with E-state index >= 15 is 0 Å². The van der Waals surface area contributed by atoms with Gasteiger partial charge in [0.15, 0.2) is 0 Å². The highest BCUT2D eigenvalue weighted by Gasteiger charge is 2.35. The van der Waals surface area contributed by atoms with Crippen LogP contribution >= 0.6 is 0 Å². The van der Waals surface area contributed by atoms with Gasteiger partial charge >= 0.3 is 5.97 Å². The number of carbonyl (C=O) groups excluding carboxylic acids is 2. The summed E-state index contributed by atoms with van der Waals surface area (Å²) >= 11 is 0. The Morgan fingerprint density at radius 2 is 2.06 bits per heavy atom. The summed E-state index contributed by atoms with van der Waals surface area (Å²) in [6.45, 7) is 5.63. The Kier molecular flexibility index (Phi) is 4.01. The Bertz CT molecular complexity index is 380. The lowest BCUT2D eigenvalue weighted by Gasteiger charge is -2.26. The van der Waals surface area contributed by atoms with E-state index in [0.717, 1.165) is 37.1 Å². The minimum atomic E-state index is -0.317. The van der Waals surface area contributed by atoms with Crippen LogP contribution in [-0.4, -0.2) is 49.1 Å². The minimum Gasteiger partial charge on any atom is -0.465 e. The van der Waals surface area contributed by atoms with Gasteiger partial charge in [-0.15, -0.1) is 0 Å². The number of esters is 1. The smallest absolute Gasteiger partial charge is 0.325 e. The van der Waals surface area contributed by atoms with Crippen LogP contribution in [-0.2, 0) is 14.3 Å². The van der Waals surface area contributed by atoms with Crippen molar-refractivity contribution >= 4 is 11.9 Å². The Morgan fingerprint density at radius 1 is 1.39 bits per heavy atom. The molecule has 0 aromatic rings. The molecule has 100 valence electrons. The van der Waals surface area contributed by atoms with Gasteiger partial charge in [-0.05, 0) is 32.3 Å². The van der Waals surface area contributed by atoms with Gasteiger partial charge < -0.3 is 15.0 Å². The van der Waals surface area contributed by atoms with Crippen LogP contribution in [0.3, 0.4) is 0 Å². The lowest BCUT2D eigenvalue weighted by molar-refractivity contribution is -0.148. The van der Waals surface area contributed by atoms with Gasteiger partial charge in [0.25, 0.3) is 0 Å². The number of nitrogens with zero attached hydrogens (tertiary/aromatic N) is 1. The molecule has 1 saturated heterocycles. The van der Waals surface area contributed by atoms with Gasteiger partial charge in [-0.2, -0.15) is 0 Å². The Labute approximate surface area is 107 Å². The molecule has 1 heterocycles. The fraction of sp³-hybridized carbons (Fsp3) is 0.692. The normalized spacial score (nSPS) is 18.0. The summed E-state index contributed by atoms with van der Waals surface area (Å²) in [7, 11) is 0. The summed E-state index contributed by atoms with van der Waals surface area (Å²) in [5.74, 6) is -0.329. The zero-order chi connectivity index (χ0) is 13.1. The number of hydrogen-bond acceptors (Lipinski definition) is 4. The average molecular weight is 252 g/mol. The summed E-state index contributed by atoms with van der Waals surface area (Å²) in [5, 5.41) is 3.12. The number of hydrogen-bond donors (Lipinski definition) is 1. The third kappa shape index (κ3) is 2.90. The third-order valence-electron chi connectivity index (χ3n) is 3.38. The molecule has 1 N–H and O–H groups in total. The predicted molar refractivity (Wildman–Crippen MR) is 66.9 cm³/mol. The van der Waals surface area contributed by atoms with Crippen LogP contribution in [0.5, 0.6) is 0 Å². The standard InChI is InChI=1S/C13H20N2O3/c1-3-18-12(16)8-15(11-4-5-11)13(17)9(2)10-6-14-7-10/h11,14H,3-8H2,1-2H3. The van der Waals surface area contributed by atoms with Crippen LogP contribution in [0.15, 0.2) is 11.1 Å². The first-order chi connectivity index (χ1) is 8.63. The maximum absolute atomic E-state index is 12.3. The van der Waals surface area contributed by atoms with E-state index in [1.807, 2.05) is 6.92 Å².